The van der Waals surface area contributed by atoms with Crippen molar-refractivity contribution in [3.63, 3.8) is 0 Å². The summed E-state index contributed by atoms with van der Waals surface area (Å²) < 4.78 is 16.9. The molecule has 0 fully saturated rings. The van der Waals surface area contributed by atoms with Gasteiger partial charge in [0.05, 0.1) is 0 Å². The maximum Gasteiger partial charge on any atom is 0.306 e. The molecule has 1 unspecified atom stereocenters. The van der Waals surface area contributed by atoms with Gasteiger partial charge in [-0.1, -0.05) is 276 Å². The monoisotopic (exact) mass is 1110 g/mol. The smallest absolute Gasteiger partial charge is 0.306 e. The van der Waals surface area contributed by atoms with Crippen LogP contribution in [0.25, 0.3) is 0 Å². The van der Waals surface area contributed by atoms with Gasteiger partial charge in [-0.25, -0.2) is 0 Å². The van der Waals surface area contributed by atoms with E-state index in [1.165, 1.54) is 109 Å². The largest absolute Gasteiger partial charge is 0.462 e. The molecule has 0 bridgehead atoms. The second kappa shape index (κ2) is 67.1. The van der Waals surface area contributed by atoms with Crippen molar-refractivity contribution in [1.29, 1.82) is 0 Å². The number of hydrogen-bond donors (Lipinski definition) is 0. The van der Waals surface area contributed by atoms with Crippen molar-refractivity contribution in [1.82, 2.24) is 0 Å². The van der Waals surface area contributed by atoms with Gasteiger partial charge in [-0.05, 0) is 135 Å². The van der Waals surface area contributed by atoms with E-state index in [2.05, 4.69) is 154 Å². The minimum atomic E-state index is -0.796. The van der Waals surface area contributed by atoms with E-state index in [0.29, 0.717) is 19.3 Å². The molecule has 0 saturated carbocycles. The highest BCUT2D eigenvalue weighted by Gasteiger charge is 2.19. The Kier molecular flexibility index (Phi) is 63.3. The van der Waals surface area contributed by atoms with Crippen LogP contribution in [0.2, 0.25) is 0 Å². The molecule has 0 radical (unpaired) electrons. The Labute approximate surface area is 494 Å². The topological polar surface area (TPSA) is 78.9 Å². The lowest BCUT2D eigenvalue weighted by Crippen LogP contribution is -2.30. The van der Waals surface area contributed by atoms with Crippen molar-refractivity contribution in [3.8, 4) is 0 Å². The Morgan fingerprint density at radius 1 is 0.263 bits per heavy atom. The molecule has 0 N–H and O–H groups in total. The molecule has 6 heteroatoms. The third-order valence-electron chi connectivity index (χ3n) is 13.9. The molecule has 1 atom stereocenters. The van der Waals surface area contributed by atoms with Gasteiger partial charge in [0.15, 0.2) is 6.10 Å². The fourth-order valence-corrected chi connectivity index (χ4v) is 8.96. The number of ether oxygens (including phenoxy) is 3. The maximum atomic E-state index is 12.9. The van der Waals surface area contributed by atoms with Gasteiger partial charge >= 0.3 is 17.9 Å². The van der Waals surface area contributed by atoms with Crippen molar-refractivity contribution in [3.05, 3.63) is 134 Å². The summed E-state index contributed by atoms with van der Waals surface area (Å²) >= 11 is 0. The first-order valence-electron chi connectivity index (χ1n) is 33.2. The Morgan fingerprint density at radius 2 is 0.487 bits per heavy atom. The molecule has 0 spiro atoms. The summed E-state index contributed by atoms with van der Waals surface area (Å²) in [6.45, 7) is 6.39. The number of carbonyl (C=O) groups excluding carboxylic acids is 3. The van der Waals surface area contributed by atoms with Crippen molar-refractivity contribution in [2.75, 3.05) is 13.2 Å². The summed E-state index contributed by atoms with van der Waals surface area (Å²) in [6, 6.07) is 0. The van der Waals surface area contributed by atoms with Gasteiger partial charge in [0.1, 0.15) is 13.2 Å². The highest BCUT2D eigenvalue weighted by atomic mass is 16.6. The quantitative estimate of drug-likeness (QED) is 0.0261. The second-order valence-corrected chi connectivity index (χ2v) is 21.6. The minimum Gasteiger partial charge on any atom is -0.462 e. The lowest BCUT2D eigenvalue weighted by Gasteiger charge is -2.18. The van der Waals surface area contributed by atoms with Crippen LogP contribution in [-0.2, 0) is 28.6 Å². The zero-order valence-electron chi connectivity index (χ0n) is 52.0. The molecular weight excluding hydrogens is 985 g/mol. The molecule has 0 aliphatic carbocycles. The Morgan fingerprint density at radius 3 is 0.775 bits per heavy atom. The van der Waals surface area contributed by atoms with E-state index in [1.807, 2.05) is 0 Å². The highest BCUT2D eigenvalue weighted by molar-refractivity contribution is 5.71. The third-order valence-corrected chi connectivity index (χ3v) is 13.9. The van der Waals surface area contributed by atoms with E-state index in [0.717, 1.165) is 148 Å². The highest BCUT2D eigenvalue weighted by Crippen LogP contribution is 2.15. The first kappa shape index (κ1) is 75.5. The van der Waals surface area contributed by atoms with Gasteiger partial charge < -0.3 is 14.2 Å². The zero-order chi connectivity index (χ0) is 57.8. The van der Waals surface area contributed by atoms with Gasteiger partial charge in [0.25, 0.3) is 0 Å². The number of allylic oxidation sites excluding steroid dienone is 22. The average molecular weight is 1110 g/mol. The van der Waals surface area contributed by atoms with E-state index in [1.54, 1.807) is 0 Å². The van der Waals surface area contributed by atoms with Crippen LogP contribution in [0.4, 0.5) is 0 Å². The zero-order valence-corrected chi connectivity index (χ0v) is 52.0. The normalized spacial score (nSPS) is 13.0. The van der Waals surface area contributed by atoms with Gasteiger partial charge in [-0.15, -0.1) is 0 Å². The molecule has 0 amide bonds. The van der Waals surface area contributed by atoms with Crippen molar-refractivity contribution < 1.29 is 28.6 Å². The van der Waals surface area contributed by atoms with E-state index in [-0.39, 0.29) is 31.1 Å². The van der Waals surface area contributed by atoms with Crippen LogP contribution in [0.15, 0.2) is 134 Å². The number of carbonyl (C=O) groups is 3. The van der Waals surface area contributed by atoms with Crippen LogP contribution in [-0.4, -0.2) is 37.2 Å². The third kappa shape index (κ3) is 64.4. The molecule has 80 heavy (non-hydrogen) atoms. The molecule has 0 heterocycles. The molecule has 0 aromatic heterocycles. The summed E-state index contributed by atoms with van der Waals surface area (Å²) in [6.07, 6.45) is 94.7. The Bertz CT molecular complexity index is 1700. The summed E-state index contributed by atoms with van der Waals surface area (Å²) in [4.78, 5) is 38.3. The van der Waals surface area contributed by atoms with Gasteiger partial charge in [0, 0.05) is 19.3 Å². The van der Waals surface area contributed by atoms with Crippen LogP contribution in [0.3, 0.4) is 0 Å². The fourth-order valence-electron chi connectivity index (χ4n) is 8.96. The molecule has 0 aromatic carbocycles. The molecule has 6 nitrogen and oxygen atoms in total. The molecule has 454 valence electrons. The number of rotatable bonds is 59. The average Bonchev–Trinajstić information content (AvgIpc) is 3.46. The minimum absolute atomic E-state index is 0.0911. The molecule has 0 aromatic rings. The number of unbranched alkanes of at least 4 members (excludes halogenated alkanes) is 26. The van der Waals surface area contributed by atoms with E-state index >= 15 is 0 Å². The van der Waals surface area contributed by atoms with Gasteiger partial charge in [-0.2, -0.15) is 0 Å². The summed E-state index contributed by atoms with van der Waals surface area (Å²) in [5.74, 6) is -0.916. The Balaban J connectivity index is 4.26. The molecule has 0 rings (SSSR count). The van der Waals surface area contributed by atoms with Crippen molar-refractivity contribution >= 4 is 17.9 Å². The Hall–Kier alpha value is -4.45. The fraction of sp³-hybridized carbons (Fsp3) is 0.662. The number of esters is 3. The summed E-state index contributed by atoms with van der Waals surface area (Å²) in [5.41, 5.74) is 0. The van der Waals surface area contributed by atoms with E-state index < -0.39 is 6.10 Å². The van der Waals surface area contributed by atoms with Crippen LogP contribution < -0.4 is 0 Å². The van der Waals surface area contributed by atoms with Crippen molar-refractivity contribution in [2.24, 2.45) is 0 Å². The lowest BCUT2D eigenvalue weighted by atomic mass is 10.0. The second-order valence-electron chi connectivity index (χ2n) is 21.6. The predicted molar refractivity (Wildman–Crippen MR) is 348 cm³/mol. The lowest BCUT2D eigenvalue weighted by molar-refractivity contribution is -0.167. The predicted octanol–water partition coefficient (Wildman–Crippen LogP) is 22.9. The molecule has 0 saturated heterocycles. The maximum absolute atomic E-state index is 12.9. The van der Waals surface area contributed by atoms with E-state index in [4.69, 9.17) is 14.2 Å². The van der Waals surface area contributed by atoms with Crippen LogP contribution in [0.5, 0.6) is 0 Å². The first-order valence-corrected chi connectivity index (χ1v) is 33.2. The summed E-state index contributed by atoms with van der Waals surface area (Å²) in [7, 11) is 0. The standard InChI is InChI=1S/C74H122O6/c1-4-7-10-13-16-19-22-25-28-29-30-31-32-33-34-35-36-37-38-39-40-41-42-43-44-45-47-49-52-55-58-61-64-67-73(76)79-70-71(69-78-72(75)66-63-60-57-54-51-48-27-24-21-18-15-12-9-6-3)80-74(77)68-65-62-59-56-53-50-46-26-23-20-17-14-11-8-5-2/h7-8,10-11,16-17,19-20,24-28,30-31,33-34,36-37,39-40,46,71H,4-6,9,12-15,18,21-23,29,32,35,38,41-45,47-70H2,1-3H3/b10-7-,11-8-,19-16-,20-17-,27-24-,28-25-,31-30-,34-33-,37-36-,40-39-,46-26-. The van der Waals surface area contributed by atoms with Crippen LogP contribution >= 0.6 is 0 Å². The molecule has 0 aliphatic heterocycles. The van der Waals surface area contributed by atoms with E-state index in [9.17, 15) is 14.4 Å². The van der Waals surface area contributed by atoms with Gasteiger partial charge in [0.2, 0.25) is 0 Å². The first-order chi connectivity index (χ1) is 39.5. The SMILES string of the molecule is CC/C=C\C/C=C\C/C=C\C/C=C\C/C=C\C/C=C\C/C=C\CCCCCCCCCCCCCC(=O)OCC(COC(=O)CCCCCCC/C=C\CCCCCCC)OC(=O)CCCCCCC/C=C\C/C=C\C/C=C\CC. The van der Waals surface area contributed by atoms with Crippen LogP contribution in [0, 0.1) is 0 Å². The summed E-state index contributed by atoms with van der Waals surface area (Å²) in [5, 5.41) is 0. The van der Waals surface area contributed by atoms with Gasteiger partial charge in [-0.3, -0.25) is 14.4 Å². The van der Waals surface area contributed by atoms with Crippen LogP contribution in [0.1, 0.15) is 297 Å². The van der Waals surface area contributed by atoms with Crippen molar-refractivity contribution in [2.45, 2.75) is 303 Å². The molecular formula is C74H122O6. The molecule has 0 aliphatic rings. The number of hydrogen-bond acceptors (Lipinski definition) is 6.